The standard InChI is InChI=1S/C13H15BrO3/c1-3-12(15)9-5-6-10(8-14)11(7-9)13(16)17-4-2/h5-7H,3-4,8H2,1-2H3. The monoisotopic (exact) mass is 298 g/mol. The molecule has 3 nitrogen and oxygen atoms in total. The molecule has 0 aliphatic rings. The molecular weight excluding hydrogens is 284 g/mol. The fraction of sp³-hybridized carbons (Fsp3) is 0.385. The number of ether oxygens (including phenoxy) is 1. The molecule has 0 saturated heterocycles. The molecule has 92 valence electrons. The van der Waals surface area contributed by atoms with Crippen LogP contribution in [0.25, 0.3) is 0 Å². The minimum absolute atomic E-state index is 0.0247. The average molecular weight is 299 g/mol. The molecule has 0 atom stereocenters. The number of hydrogen-bond donors (Lipinski definition) is 0. The van der Waals surface area contributed by atoms with E-state index in [2.05, 4.69) is 15.9 Å². The molecule has 0 aliphatic carbocycles. The summed E-state index contributed by atoms with van der Waals surface area (Å²) in [6, 6.07) is 5.13. The van der Waals surface area contributed by atoms with Crippen LogP contribution in [0.15, 0.2) is 18.2 Å². The van der Waals surface area contributed by atoms with E-state index in [-0.39, 0.29) is 11.8 Å². The third-order valence-electron chi connectivity index (χ3n) is 2.39. The van der Waals surface area contributed by atoms with Gasteiger partial charge in [-0.2, -0.15) is 0 Å². The summed E-state index contributed by atoms with van der Waals surface area (Å²) >= 11 is 3.31. The molecular formula is C13H15BrO3. The highest BCUT2D eigenvalue weighted by Gasteiger charge is 2.14. The lowest BCUT2D eigenvalue weighted by Gasteiger charge is -2.08. The maximum absolute atomic E-state index is 11.7. The van der Waals surface area contributed by atoms with Crippen LogP contribution in [-0.2, 0) is 10.1 Å². The molecule has 0 radical (unpaired) electrons. The second-order valence-electron chi connectivity index (χ2n) is 3.50. The molecule has 0 N–H and O–H groups in total. The highest BCUT2D eigenvalue weighted by molar-refractivity contribution is 9.08. The van der Waals surface area contributed by atoms with Gasteiger partial charge in [0, 0.05) is 17.3 Å². The van der Waals surface area contributed by atoms with Gasteiger partial charge in [0.1, 0.15) is 0 Å². The van der Waals surface area contributed by atoms with Crippen molar-refractivity contribution in [3.63, 3.8) is 0 Å². The second-order valence-corrected chi connectivity index (χ2v) is 4.06. The zero-order valence-electron chi connectivity index (χ0n) is 9.96. The molecule has 0 aromatic heterocycles. The summed E-state index contributed by atoms with van der Waals surface area (Å²) in [5.74, 6) is -0.357. The van der Waals surface area contributed by atoms with Crippen LogP contribution in [0, 0.1) is 0 Å². The Balaban J connectivity index is 3.15. The number of rotatable bonds is 5. The van der Waals surface area contributed by atoms with Crippen molar-refractivity contribution < 1.29 is 14.3 Å². The first-order valence-electron chi connectivity index (χ1n) is 5.53. The summed E-state index contributed by atoms with van der Waals surface area (Å²) in [7, 11) is 0. The Labute approximate surface area is 109 Å². The lowest BCUT2D eigenvalue weighted by molar-refractivity contribution is 0.0525. The lowest BCUT2D eigenvalue weighted by Crippen LogP contribution is -2.09. The van der Waals surface area contributed by atoms with Crippen LogP contribution in [0.5, 0.6) is 0 Å². The molecule has 4 heteroatoms. The van der Waals surface area contributed by atoms with Gasteiger partial charge in [0.25, 0.3) is 0 Å². The average Bonchev–Trinajstić information content (AvgIpc) is 2.37. The van der Waals surface area contributed by atoms with Gasteiger partial charge >= 0.3 is 5.97 Å². The fourth-order valence-corrected chi connectivity index (χ4v) is 1.96. The van der Waals surface area contributed by atoms with Crippen molar-refractivity contribution in [1.82, 2.24) is 0 Å². The van der Waals surface area contributed by atoms with Gasteiger partial charge in [0.15, 0.2) is 5.78 Å². The van der Waals surface area contributed by atoms with Crippen molar-refractivity contribution in [2.45, 2.75) is 25.6 Å². The minimum atomic E-state index is -0.382. The molecule has 1 rings (SSSR count). The van der Waals surface area contributed by atoms with E-state index in [9.17, 15) is 9.59 Å². The Hall–Kier alpha value is -1.16. The summed E-state index contributed by atoms with van der Waals surface area (Å²) < 4.78 is 4.97. The molecule has 0 amide bonds. The lowest BCUT2D eigenvalue weighted by atomic mass is 10.0. The Morgan fingerprint density at radius 1 is 1.29 bits per heavy atom. The van der Waals surface area contributed by atoms with E-state index in [1.54, 1.807) is 32.0 Å². The van der Waals surface area contributed by atoms with Crippen LogP contribution in [-0.4, -0.2) is 18.4 Å². The molecule has 0 fully saturated rings. The van der Waals surface area contributed by atoms with Crippen molar-refractivity contribution in [2.75, 3.05) is 6.61 Å². The van der Waals surface area contributed by atoms with Gasteiger partial charge in [0.05, 0.1) is 12.2 Å². The van der Waals surface area contributed by atoms with Gasteiger partial charge in [-0.15, -0.1) is 0 Å². The number of hydrogen-bond acceptors (Lipinski definition) is 3. The summed E-state index contributed by atoms with van der Waals surface area (Å²) in [6.07, 6.45) is 0.427. The van der Waals surface area contributed by atoms with Gasteiger partial charge < -0.3 is 4.74 Å². The largest absolute Gasteiger partial charge is 0.462 e. The number of carbonyl (C=O) groups is 2. The van der Waals surface area contributed by atoms with Crippen molar-refractivity contribution in [2.24, 2.45) is 0 Å². The smallest absolute Gasteiger partial charge is 0.338 e. The van der Waals surface area contributed by atoms with Crippen LogP contribution >= 0.6 is 15.9 Å². The molecule has 1 aromatic carbocycles. The van der Waals surface area contributed by atoms with Crippen LogP contribution in [0.4, 0.5) is 0 Å². The number of halogens is 1. The zero-order chi connectivity index (χ0) is 12.8. The van der Waals surface area contributed by atoms with Crippen molar-refractivity contribution in [1.29, 1.82) is 0 Å². The normalized spacial score (nSPS) is 10.1. The number of ketones is 1. The molecule has 0 aliphatic heterocycles. The summed E-state index contributed by atoms with van der Waals surface area (Å²) in [6.45, 7) is 3.88. The van der Waals surface area contributed by atoms with Crippen LogP contribution in [0.1, 0.15) is 46.5 Å². The summed E-state index contributed by atoms with van der Waals surface area (Å²) in [5, 5.41) is 0.557. The Kier molecular flexibility index (Phi) is 5.35. The summed E-state index contributed by atoms with van der Waals surface area (Å²) in [4.78, 5) is 23.3. The number of carbonyl (C=O) groups excluding carboxylic acids is 2. The molecule has 17 heavy (non-hydrogen) atoms. The van der Waals surface area contributed by atoms with Gasteiger partial charge in [-0.05, 0) is 18.6 Å². The number of esters is 1. The van der Waals surface area contributed by atoms with E-state index in [0.717, 1.165) is 5.56 Å². The topological polar surface area (TPSA) is 43.4 Å². The van der Waals surface area contributed by atoms with Crippen molar-refractivity contribution in [3.05, 3.63) is 34.9 Å². The molecule has 0 heterocycles. The zero-order valence-corrected chi connectivity index (χ0v) is 11.5. The van der Waals surface area contributed by atoms with E-state index in [0.29, 0.717) is 29.5 Å². The predicted molar refractivity (Wildman–Crippen MR) is 69.7 cm³/mol. The van der Waals surface area contributed by atoms with Gasteiger partial charge in [-0.25, -0.2) is 4.79 Å². The fourth-order valence-electron chi connectivity index (χ4n) is 1.47. The quantitative estimate of drug-likeness (QED) is 0.476. The van der Waals surface area contributed by atoms with E-state index in [4.69, 9.17) is 4.74 Å². The molecule has 0 spiro atoms. The molecule has 0 bridgehead atoms. The Morgan fingerprint density at radius 3 is 2.53 bits per heavy atom. The first-order chi connectivity index (χ1) is 8.13. The van der Waals surface area contributed by atoms with Crippen LogP contribution in [0.3, 0.4) is 0 Å². The van der Waals surface area contributed by atoms with Gasteiger partial charge in [-0.1, -0.05) is 35.0 Å². The molecule has 0 unspecified atom stereocenters. The van der Waals surface area contributed by atoms with Crippen LogP contribution in [0.2, 0.25) is 0 Å². The SMILES string of the molecule is CCOC(=O)c1cc(C(=O)CC)ccc1CBr. The van der Waals surface area contributed by atoms with Crippen molar-refractivity contribution in [3.8, 4) is 0 Å². The Bertz CT molecular complexity index is 427. The minimum Gasteiger partial charge on any atom is -0.462 e. The number of benzene rings is 1. The Morgan fingerprint density at radius 2 is 2.00 bits per heavy atom. The summed E-state index contributed by atoms with van der Waals surface area (Å²) in [5.41, 5.74) is 1.85. The third kappa shape index (κ3) is 3.40. The first kappa shape index (κ1) is 13.9. The highest BCUT2D eigenvalue weighted by Crippen LogP contribution is 2.17. The van der Waals surface area contributed by atoms with Crippen molar-refractivity contribution >= 4 is 27.7 Å². The first-order valence-corrected chi connectivity index (χ1v) is 6.65. The van der Waals surface area contributed by atoms with Crippen LogP contribution < -0.4 is 0 Å². The van der Waals surface area contributed by atoms with E-state index >= 15 is 0 Å². The van der Waals surface area contributed by atoms with E-state index in [1.807, 2.05) is 0 Å². The maximum atomic E-state index is 11.7. The molecule has 0 saturated carbocycles. The third-order valence-corrected chi connectivity index (χ3v) is 3.00. The second kappa shape index (κ2) is 6.55. The van der Waals surface area contributed by atoms with Gasteiger partial charge in [0.2, 0.25) is 0 Å². The maximum Gasteiger partial charge on any atom is 0.338 e. The van der Waals surface area contributed by atoms with Gasteiger partial charge in [-0.3, -0.25) is 4.79 Å². The number of alkyl halides is 1. The van der Waals surface area contributed by atoms with E-state index < -0.39 is 0 Å². The highest BCUT2D eigenvalue weighted by atomic mass is 79.9. The van der Waals surface area contributed by atoms with E-state index in [1.165, 1.54) is 0 Å². The predicted octanol–water partition coefficient (Wildman–Crippen LogP) is 3.35. The molecule has 1 aromatic rings. The number of Topliss-reactive ketones (excluding diaryl/α,β-unsaturated/α-hetero) is 1.